The minimum atomic E-state index is -0.232. The van der Waals surface area contributed by atoms with E-state index in [1.165, 1.54) is 6.07 Å². The van der Waals surface area contributed by atoms with Crippen molar-refractivity contribution in [2.24, 2.45) is 11.7 Å². The molecule has 2 N–H and O–H groups in total. The van der Waals surface area contributed by atoms with E-state index in [1.807, 2.05) is 0 Å². The lowest BCUT2D eigenvalue weighted by molar-refractivity contribution is 0.0775. The molecule has 4 heteroatoms. The van der Waals surface area contributed by atoms with Crippen LogP contribution in [0.15, 0.2) is 18.2 Å². The Bertz CT molecular complexity index is 364. The molecular weight excluding hydrogens is 221 g/mol. The number of benzene rings is 1. The van der Waals surface area contributed by atoms with Crippen LogP contribution < -0.4 is 5.73 Å². The molecule has 1 aromatic rings. The van der Waals surface area contributed by atoms with Gasteiger partial charge < -0.3 is 15.2 Å². The van der Waals surface area contributed by atoms with Crippen LogP contribution in [0.3, 0.4) is 0 Å². The molecule has 1 aromatic carbocycles. The molecule has 17 heavy (non-hydrogen) atoms. The Hall–Kier alpha value is -0.970. The summed E-state index contributed by atoms with van der Waals surface area (Å²) >= 11 is 0. The molecule has 0 aromatic heterocycles. The summed E-state index contributed by atoms with van der Waals surface area (Å²) in [5, 5.41) is 0. The van der Waals surface area contributed by atoms with Crippen molar-refractivity contribution in [2.75, 3.05) is 19.8 Å². The molecule has 1 aliphatic heterocycles. The second-order valence-electron chi connectivity index (χ2n) is 4.37. The maximum Gasteiger partial charge on any atom is 0.128 e. The van der Waals surface area contributed by atoms with E-state index in [-0.39, 0.29) is 5.82 Å². The smallest absolute Gasteiger partial charge is 0.128 e. The summed E-state index contributed by atoms with van der Waals surface area (Å²) in [7, 11) is 0. The van der Waals surface area contributed by atoms with Gasteiger partial charge in [-0.2, -0.15) is 0 Å². The molecule has 0 spiro atoms. The summed E-state index contributed by atoms with van der Waals surface area (Å²) in [4.78, 5) is 0. The lowest BCUT2D eigenvalue weighted by atomic mass is 10.1. The second-order valence-corrected chi connectivity index (χ2v) is 4.37. The van der Waals surface area contributed by atoms with E-state index in [1.54, 1.807) is 12.1 Å². The summed E-state index contributed by atoms with van der Waals surface area (Å²) in [6.07, 6.45) is 1.03. The predicted octanol–water partition coefficient (Wildman–Crippen LogP) is 1.84. The molecule has 1 heterocycles. The van der Waals surface area contributed by atoms with Crippen molar-refractivity contribution in [3.8, 4) is 0 Å². The zero-order valence-corrected chi connectivity index (χ0v) is 9.82. The van der Waals surface area contributed by atoms with E-state index in [0.717, 1.165) is 25.2 Å². The van der Waals surface area contributed by atoms with E-state index in [9.17, 15) is 4.39 Å². The monoisotopic (exact) mass is 239 g/mol. The average molecular weight is 239 g/mol. The van der Waals surface area contributed by atoms with Crippen LogP contribution in [0.25, 0.3) is 0 Å². The fraction of sp³-hybridized carbons (Fsp3) is 0.538. The van der Waals surface area contributed by atoms with E-state index in [2.05, 4.69) is 0 Å². The Labute approximate surface area is 101 Å². The third kappa shape index (κ3) is 3.49. The highest BCUT2D eigenvalue weighted by molar-refractivity contribution is 5.24. The Morgan fingerprint density at radius 2 is 2.35 bits per heavy atom. The summed E-state index contributed by atoms with van der Waals surface area (Å²) in [5.41, 5.74) is 7.02. The Morgan fingerprint density at radius 1 is 1.47 bits per heavy atom. The number of nitrogens with two attached hydrogens (primary N) is 1. The SMILES string of the molecule is NCc1ccc(F)c(COCC2CCOC2)c1. The topological polar surface area (TPSA) is 44.5 Å². The third-order valence-electron chi connectivity index (χ3n) is 2.98. The summed E-state index contributed by atoms with van der Waals surface area (Å²) in [6, 6.07) is 4.91. The van der Waals surface area contributed by atoms with Gasteiger partial charge in [0.05, 0.1) is 19.8 Å². The van der Waals surface area contributed by atoms with Gasteiger partial charge in [-0.05, 0) is 24.1 Å². The van der Waals surface area contributed by atoms with Crippen molar-refractivity contribution >= 4 is 0 Å². The molecule has 94 valence electrons. The molecule has 0 saturated carbocycles. The standard InChI is InChI=1S/C13H18FNO2/c14-13-2-1-10(6-15)5-12(13)9-17-8-11-3-4-16-7-11/h1-2,5,11H,3-4,6-9,15H2. The lowest BCUT2D eigenvalue weighted by Crippen LogP contribution is -2.10. The van der Waals surface area contributed by atoms with Crippen LogP contribution in [0, 0.1) is 11.7 Å². The van der Waals surface area contributed by atoms with Crippen LogP contribution in [0.5, 0.6) is 0 Å². The molecule has 1 fully saturated rings. The van der Waals surface area contributed by atoms with Gasteiger partial charge in [0.2, 0.25) is 0 Å². The second kappa shape index (κ2) is 6.10. The highest BCUT2D eigenvalue weighted by Crippen LogP contribution is 2.15. The molecule has 0 aliphatic carbocycles. The quantitative estimate of drug-likeness (QED) is 0.852. The molecular formula is C13H18FNO2. The van der Waals surface area contributed by atoms with Gasteiger partial charge in [-0.3, -0.25) is 0 Å². The molecule has 0 amide bonds. The van der Waals surface area contributed by atoms with Crippen molar-refractivity contribution in [3.63, 3.8) is 0 Å². The first kappa shape index (κ1) is 12.5. The summed E-state index contributed by atoms with van der Waals surface area (Å²) in [5.74, 6) is 0.223. The minimum absolute atomic E-state index is 0.232. The van der Waals surface area contributed by atoms with Crippen LogP contribution in [0.4, 0.5) is 4.39 Å². The third-order valence-corrected chi connectivity index (χ3v) is 2.98. The van der Waals surface area contributed by atoms with Crippen LogP contribution in [-0.2, 0) is 22.6 Å². The van der Waals surface area contributed by atoms with Crippen LogP contribution in [-0.4, -0.2) is 19.8 Å². The molecule has 1 aliphatic rings. The zero-order valence-electron chi connectivity index (χ0n) is 9.82. The van der Waals surface area contributed by atoms with E-state index < -0.39 is 0 Å². The first-order valence-corrected chi connectivity index (χ1v) is 5.92. The number of rotatable bonds is 5. The van der Waals surface area contributed by atoms with Gasteiger partial charge in [-0.15, -0.1) is 0 Å². The van der Waals surface area contributed by atoms with Crippen molar-refractivity contribution in [1.82, 2.24) is 0 Å². The number of ether oxygens (including phenoxy) is 2. The summed E-state index contributed by atoms with van der Waals surface area (Å²) in [6.45, 7) is 2.92. The number of halogens is 1. The van der Waals surface area contributed by atoms with E-state index in [0.29, 0.717) is 31.2 Å². The number of hydrogen-bond donors (Lipinski definition) is 1. The van der Waals surface area contributed by atoms with Gasteiger partial charge in [-0.25, -0.2) is 4.39 Å². The van der Waals surface area contributed by atoms with Crippen LogP contribution in [0.2, 0.25) is 0 Å². The van der Waals surface area contributed by atoms with Gasteiger partial charge in [0, 0.05) is 24.6 Å². The zero-order chi connectivity index (χ0) is 12.1. The maximum atomic E-state index is 13.5. The first-order valence-electron chi connectivity index (χ1n) is 5.92. The molecule has 1 unspecified atom stereocenters. The average Bonchev–Trinajstić information content (AvgIpc) is 2.84. The van der Waals surface area contributed by atoms with Crippen molar-refractivity contribution < 1.29 is 13.9 Å². The molecule has 2 rings (SSSR count). The Morgan fingerprint density at radius 3 is 3.06 bits per heavy atom. The molecule has 0 radical (unpaired) electrons. The normalized spacial score (nSPS) is 19.8. The number of hydrogen-bond acceptors (Lipinski definition) is 3. The fourth-order valence-electron chi connectivity index (χ4n) is 1.92. The minimum Gasteiger partial charge on any atom is -0.381 e. The van der Waals surface area contributed by atoms with Crippen molar-refractivity contribution in [2.45, 2.75) is 19.6 Å². The Kier molecular flexibility index (Phi) is 4.48. The Balaban J connectivity index is 1.84. The molecule has 3 nitrogen and oxygen atoms in total. The largest absolute Gasteiger partial charge is 0.381 e. The van der Waals surface area contributed by atoms with Gasteiger partial charge in [0.15, 0.2) is 0 Å². The van der Waals surface area contributed by atoms with Crippen molar-refractivity contribution in [1.29, 1.82) is 0 Å². The van der Waals surface area contributed by atoms with Gasteiger partial charge in [-0.1, -0.05) is 6.07 Å². The van der Waals surface area contributed by atoms with E-state index >= 15 is 0 Å². The molecule has 1 saturated heterocycles. The molecule has 1 atom stereocenters. The van der Waals surface area contributed by atoms with Gasteiger partial charge in [0.25, 0.3) is 0 Å². The lowest BCUT2D eigenvalue weighted by Gasteiger charge is -2.10. The molecule has 0 bridgehead atoms. The highest BCUT2D eigenvalue weighted by Gasteiger charge is 2.15. The van der Waals surface area contributed by atoms with Crippen LogP contribution >= 0.6 is 0 Å². The fourth-order valence-corrected chi connectivity index (χ4v) is 1.92. The van der Waals surface area contributed by atoms with E-state index in [4.69, 9.17) is 15.2 Å². The van der Waals surface area contributed by atoms with Gasteiger partial charge in [0.1, 0.15) is 5.82 Å². The highest BCUT2D eigenvalue weighted by atomic mass is 19.1. The maximum absolute atomic E-state index is 13.5. The first-order chi connectivity index (χ1) is 8.29. The van der Waals surface area contributed by atoms with Crippen LogP contribution in [0.1, 0.15) is 17.5 Å². The summed E-state index contributed by atoms with van der Waals surface area (Å²) < 4.78 is 24.2. The van der Waals surface area contributed by atoms with Gasteiger partial charge >= 0.3 is 0 Å². The van der Waals surface area contributed by atoms with Crippen molar-refractivity contribution in [3.05, 3.63) is 35.1 Å². The predicted molar refractivity (Wildman–Crippen MR) is 62.9 cm³/mol.